The molecule has 0 atom stereocenters. The average molecular weight is 262 g/mol. The lowest BCUT2D eigenvalue weighted by atomic mass is 10.2. The first-order chi connectivity index (χ1) is 9.24. The second-order valence-corrected chi connectivity index (χ2v) is 4.89. The molecule has 1 aromatic rings. The van der Waals surface area contributed by atoms with Gasteiger partial charge in [0.1, 0.15) is 0 Å². The second kappa shape index (κ2) is 7.11. The maximum Gasteiger partial charge on any atom is 0.312 e. The molecule has 104 valence electrons. The van der Waals surface area contributed by atoms with E-state index in [0.717, 1.165) is 39.3 Å². The molecule has 0 unspecified atom stereocenters. The van der Waals surface area contributed by atoms with Gasteiger partial charge in [0.25, 0.3) is 0 Å². The van der Waals surface area contributed by atoms with Gasteiger partial charge in [0.05, 0.1) is 0 Å². The number of nitrogens with two attached hydrogens (primary N) is 1. The molecule has 1 aliphatic rings. The second-order valence-electron chi connectivity index (χ2n) is 4.89. The van der Waals surface area contributed by atoms with Crippen molar-refractivity contribution in [3.8, 4) is 0 Å². The van der Waals surface area contributed by atoms with Gasteiger partial charge in [-0.3, -0.25) is 9.80 Å². The quantitative estimate of drug-likeness (QED) is 0.811. The fourth-order valence-electron chi connectivity index (χ4n) is 2.35. The maximum atomic E-state index is 10.6. The highest BCUT2D eigenvalue weighted by Gasteiger charge is 2.16. The predicted octanol–water partition coefficient (Wildman–Crippen LogP) is 0.473. The van der Waals surface area contributed by atoms with Crippen LogP contribution in [0.25, 0.3) is 0 Å². The number of hydrogen-bond acceptors (Lipinski definition) is 3. The van der Waals surface area contributed by atoms with Gasteiger partial charge in [-0.25, -0.2) is 4.79 Å². The van der Waals surface area contributed by atoms with Crippen LogP contribution in [-0.2, 0) is 6.54 Å². The fraction of sp³-hybridized carbons (Fsp3) is 0.500. The van der Waals surface area contributed by atoms with E-state index in [2.05, 4.69) is 39.4 Å². The number of carbonyl (C=O) groups is 1. The molecule has 1 aromatic carbocycles. The highest BCUT2D eigenvalue weighted by molar-refractivity contribution is 5.71. The standard InChI is InChI=1S/C14H22N4O/c15-14(19)16-6-7-17-8-10-18(11-9-17)12-13-4-2-1-3-5-13/h1-5H,6-12H2,(H3,15,16,19). The highest BCUT2D eigenvalue weighted by atomic mass is 16.2. The molecule has 2 rings (SSSR count). The molecule has 0 aliphatic carbocycles. The average Bonchev–Trinajstić information content (AvgIpc) is 2.42. The van der Waals surface area contributed by atoms with E-state index in [1.807, 2.05) is 6.07 Å². The Morgan fingerprint density at radius 3 is 2.37 bits per heavy atom. The number of urea groups is 1. The number of rotatable bonds is 5. The lowest BCUT2D eigenvalue weighted by molar-refractivity contribution is 0.128. The third-order valence-electron chi connectivity index (χ3n) is 3.44. The van der Waals surface area contributed by atoms with Crippen LogP contribution in [-0.4, -0.2) is 55.1 Å². The third kappa shape index (κ3) is 4.89. The molecule has 1 fully saturated rings. The smallest absolute Gasteiger partial charge is 0.312 e. The molecule has 5 heteroatoms. The number of piperazine rings is 1. The van der Waals surface area contributed by atoms with Gasteiger partial charge in [-0.15, -0.1) is 0 Å². The van der Waals surface area contributed by atoms with Crippen LogP contribution in [0.1, 0.15) is 5.56 Å². The number of carbonyl (C=O) groups excluding carboxylic acids is 1. The molecular weight excluding hydrogens is 240 g/mol. The summed E-state index contributed by atoms with van der Waals surface area (Å²) in [5.74, 6) is 0. The summed E-state index contributed by atoms with van der Waals surface area (Å²) in [6.45, 7) is 6.78. The van der Waals surface area contributed by atoms with Gasteiger partial charge < -0.3 is 11.1 Å². The molecule has 2 amide bonds. The van der Waals surface area contributed by atoms with Gasteiger partial charge in [0.2, 0.25) is 0 Å². The number of primary amides is 1. The topological polar surface area (TPSA) is 61.6 Å². The van der Waals surface area contributed by atoms with Crippen molar-refractivity contribution in [1.29, 1.82) is 0 Å². The predicted molar refractivity (Wildman–Crippen MR) is 75.7 cm³/mol. The van der Waals surface area contributed by atoms with Crippen LogP contribution in [0.5, 0.6) is 0 Å². The van der Waals surface area contributed by atoms with Crippen molar-refractivity contribution in [2.24, 2.45) is 5.73 Å². The maximum absolute atomic E-state index is 10.6. The fourth-order valence-corrected chi connectivity index (χ4v) is 2.35. The van der Waals surface area contributed by atoms with Gasteiger partial charge in [-0.2, -0.15) is 0 Å². The number of benzene rings is 1. The Kier molecular flexibility index (Phi) is 5.18. The van der Waals surface area contributed by atoms with Gasteiger partial charge in [-0.1, -0.05) is 30.3 Å². The zero-order valence-electron chi connectivity index (χ0n) is 11.2. The van der Waals surface area contributed by atoms with E-state index in [4.69, 9.17) is 5.73 Å². The summed E-state index contributed by atoms with van der Waals surface area (Å²) in [6.07, 6.45) is 0. The number of hydrogen-bond donors (Lipinski definition) is 2. The zero-order valence-corrected chi connectivity index (χ0v) is 11.2. The lowest BCUT2D eigenvalue weighted by Crippen LogP contribution is -2.48. The van der Waals surface area contributed by atoms with Gasteiger partial charge >= 0.3 is 6.03 Å². The number of nitrogens with zero attached hydrogens (tertiary/aromatic N) is 2. The monoisotopic (exact) mass is 262 g/mol. The van der Waals surface area contributed by atoms with E-state index in [1.165, 1.54) is 5.56 Å². The van der Waals surface area contributed by atoms with E-state index in [9.17, 15) is 4.79 Å². The van der Waals surface area contributed by atoms with Crippen LogP contribution in [0.15, 0.2) is 30.3 Å². The van der Waals surface area contributed by atoms with E-state index in [-0.39, 0.29) is 0 Å². The summed E-state index contributed by atoms with van der Waals surface area (Å²) in [5, 5.41) is 2.63. The minimum atomic E-state index is -0.442. The number of nitrogens with one attached hydrogen (secondary N) is 1. The summed E-state index contributed by atoms with van der Waals surface area (Å²) in [7, 11) is 0. The molecule has 5 nitrogen and oxygen atoms in total. The van der Waals surface area contributed by atoms with E-state index in [1.54, 1.807) is 0 Å². The summed E-state index contributed by atoms with van der Waals surface area (Å²) in [5.41, 5.74) is 6.41. The molecule has 0 saturated carbocycles. The van der Waals surface area contributed by atoms with E-state index < -0.39 is 6.03 Å². The van der Waals surface area contributed by atoms with Crippen LogP contribution >= 0.6 is 0 Å². The van der Waals surface area contributed by atoms with Crippen LogP contribution < -0.4 is 11.1 Å². The van der Waals surface area contributed by atoms with Crippen LogP contribution in [0.4, 0.5) is 4.79 Å². The van der Waals surface area contributed by atoms with Gasteiger partial charge in [0, 0.05) is 45.8 Å². The Labute approximate surface area is 114 Å². The van der Waals surface area contributed by atoms with Crippen LogP contribution in [0.2, 0.25) is 0 Å². The summed E-state index contributed by atoms with van der Waals surface area (Å²) < 4.78 is 0. The van der Waals surface area contributed by atoms with Crippen molar-refractivity contribution in [3.63, 3.8) is 0 Å². The molecule has 0 radical (unpaired) electrons. The molecule has 1 heterocycles. The molecule has 19 heavy (non-hydrogen) atoms. The summed E-state index contributed by atoms with van der Waals surface area (Å²) in [4.78, 5) is 15.4. The first-order valence-corrected chi connectivity index (χ1v) is 6.76. The summed E-state index contributed by atoms with van der Waals surface area (Å²) in [6, 6.07) is 10.1. The van der Waals surface area contributed by atoms with Crippen molar-refractivity contribution >= 4 is 6.03 Å². The van der Waals surface area contributed by atoms with Crippen LogP contribution in [0, 0.1) is 0 Å². The Balaban J connectivity index is 1.66. The highest BCUT2D eigenvalue weighted by Crippen LogP contribution is 2.07. The van der Waals surface area contributed by atoms with Crippen molar-refractivity contribution < 1.29 is 4.79 Å². The Hall–Kier alpha value is -1.59. The molecule has 0 spiro atoms. The van der Waals surface area contributed by atoms with Gasteiger partial charge in [-0.05, 0) is 5.56 Å². The zero-order chi connectivity index (χ0) is 13.5. The molecule has 1 saturated heterocycles. The van der Waals surface area contributed by atoms with E-state index >= 15 is 0 Å². The van der Waals surface area contributed by atoms with Crippen molar-refractivity contribution in [2.45, 2.75) is 6.54 Å². The lowest BCUT2D eigenvalue weighted by Gasteiger charge is -2.34. The first-order valence-electron chi connectivity index (χ1n) is 6.76. The number of amides is 2. The summed E-state index contributed by atoms with van der Waals surface area (Å²) >= 11 is 0. The minimum absolute atomic E-state index is 0.442. The normalized spacial score (nSPS) is 17.3. The minimum Gasteiger partial charge on any atom is -0.352 e. The third-order valence-corrected chi connectivity index (χ3v) is 3.44. The van der Waals surface area contributed by atoms with Gasteiger partial charge in [0.15, 0.2) is 0 Å². The Bertz CT molecular complexity index is 388. The molecule has 3 N–H and O–H groups in total. The van der Waals surface area contributed by atoms with Crippen molar-refractivity contribution in [2.75, 3.05) is 39.3 Å². The van der Waals surface area contributed by atoms with Crippen molar-refractivity contribution in [1.82, 2.24) is 15.1 Å². The SMILES string of the molecule is NC(=O)NCCN1CCN(Cc2ccccc2)CC1. The molecule has 1 aliphatic heterocycles. The Morgan fingerprint density at radius 2 is 1.74 bits per heavy atom. The Morgan fingerprint density at radius 1 is 1.11 bits per heavy atom. The van der Waals surface area contributed by atoms with Crippen LogP contribution in [0.3, 0.4) is 0 Å². The molecular formula is C14H22N4O. The van der Waals surface area contributed by atoms with E-state index in [0.29, 0.717) is 6.54 Å². The van der Waals surface area contributed by atoms with Crippen molar-refractivity contribution in [3.05, 3.63) is 35.9 Å². The first kappa shape index (κ1) is 13.8. The molecule has 0 aromatic heterocycles. The largest absolute Gasteiger partial charge is 0.352 e. The molecule has 0 bridgehead atoms.